The van der Waals surface area contributed by atoms with Gasteiger partial charge in [0.05, 0.1) is 6.10 Å². The number of carbonyl (C=O) groups is 1. The smallest absolute Gasteiger partial charge is 0.410 e. The fourth-order valence-corrected chi connectivity index (χ4v) is 2.58. The van der Waals surface area contributed by atoms with Gasteiger partial charge in [0.15, 0.2) is 0 Å². The van der Waals surface area contributed by atoms with Crippen molar-refractivity contribution in [2.45, 2.75) is 51.7 Å². The highest BCUT2D eigenvalue weighted by molar-refractivity contribution is 5.68. The number of hydrogen-bond donors (Lipinski definition) is 0. The van der Waals surface area contributed by atoms with Crippen LogP contribution in [0.3, 0.4) is 0 Å². The Hall–Kier alpha value is -0.770. The summed E-state index contributed by atoms with van der Waals surface area (Å²) in [5.41, 5.74) is -0.406. The number of carbonyl (C=O) groups excluding carboxylic acids is 1. The van der Waals surface area contributed by atoms with E-state index in [2.05, 4.69) is 0 Å². The summed E-state index contributed by atoms with van der Waals surface area (Å²) < 4.78 is 11.1. The molecule has 0 bridgehead atoms. The standard InChI is InChI=1S/C13H23NO3/c1-13(2,3)17-12(15)14-7-6-11-10(9-14)5-4-8-16-11/h10-11H,4-9H2,1-3H3/t10-,11-/m0/s1. The van der Waals surface area contributed by atoms with E-state index in [9.17, 15) is 4.79 Å². The van der Waals surface area contributed by atoms with E-state index < -0.39 is 5.60 Å². The molecule has 0 aromatic rings. The number of nitrogens with zero attached hydrogens (tertiary/aromatic N) is 1. The van der Waals surface area contributed by atoms with Gasteiger partial charge in [0, 0.05) is 25.6 Å². The van der Waals surface area contributed by atoms with Crippen molar-refractivity contribution < 1.29 is 14.3 Å². The quantitative estimate of drug-likeness (QED) is 0.654. The monoisotopic (exact) mass is 241 g/mol. The van der Waals surface area contributed by atoms with Crippen LogP contribution in [0.25, 0.3) is 0 Å². The van der Waals surface area contributed by atoms with Gasteiger partial charge >= 0.3 is 6.09 Å². The van der Waals surface area contributed by atoms with Crippen molar-refractivity contribution in [1.82, 2.24) is 4.90 Å². The first-order valence-electron chi connectivity index (χ1n) is 6.55. The highest BCUT2D eigenvalue weighted by atomic mass is 16.6. The molecule has 2 rings (SSSR count). The summed E-state index contributed by atoms with van der Waals surface area (Å²) in [6.45, 7) is 8.15. The van der Waals surface area contributed by atoms with Gasteiger partial charge in [-0.2, -0.15) is 0 Å². The van der Waals surface area contributed by atoms with E-state index in [-0.39, 0.29) is 6.09 Å². The van der Waals surface area contributed by atoms with Gasteiger partial charge in [-0.25, -0.2) is 4.79 Å². The third-order valence-electron chi connectivity index (χ3n) is 3.37. The van der Waals surface area contributed by atoms with Crippen LogP contribution < -0.4 is 0 Å². The molecule has 0 aromatic heterocycles. The maximum Gasteiger partial charge on any atom is 0.410 e. The maximum atomic E-state index is 12.0. The lowest BCUT2D eigenvalue weighted by molar-refractivity contribution is -0.0686. The Labute approximate surface area is 103 Å². The number of amides is 1. The minimum absolute atomic E-state index is 0.179. The molecule has 1 amide bonds. The van der Waals surface area contributed by atoms with E-state index in [1.54, 1.807) is 0 Å². The second-order valence-electron chi connectivity index (χ2n) is 6.03. The highest BCUT2D eigenvalue weighted by Gasteiger charge is 2.35. The lowest BCUT2D eigenvalue weighted by atomic mass is 9.89. The van der Waals surface area contributed by atoms with E-state index in [1.165, 1.54) is 6.42 Å². The van der Waals surface area contributed by atoms with Crippen molar-refractivity contribution >= 4 is 6.09 Å². The van der Waals surface area contributed by atoms with Gasteiger partial charge < -0.3 is 14.4 Å². The van der Waals surface area contributed by atoms with E-state index >= 15 is 0 Å². The average Bonchev–Trinajstić information content (AvgIpc) is 2.26. The second-order valence-corrected chi connectivity index (χ2v) is 6.03. The molecule has 4 heteroatoms. The van der Waals surface area contributed by atoms with Crippen molar-refractivity contribution in [2.75, 3.05) is 19.7 Å². The molecule has 17 heavy (non-hydrogen) atoms. The summed E-state index contributed by atoms with van der Waals surface area (Å²) in [6.07, 6.45) is 3.42. The summed E-state index contributed by atoms with van der Waals surface area (Å²) in [5.74, 6) is 0.505. The third kappa shape index (κ3) is 3.35. The van der Waals surface area contributed by atoms with Crippen LogP contribution in [-0.4, -0.2) is 42.4 Å². The Morgan fingerprint density at radius 3 is 2.82 bits per heavy atom. The van der Waals surface area contributed by atoms with Crippen LogP contribution in [0.2, 0.25) is 0 Å². The molecule has 2 fully saturated rings. The first kappa shape index (κ1) is 12.7. The number of ether oxygens (including phenoxy) is 2. The number of likely N-dealkylation sites (tertiary alicyclic amines) is 1. The topological polar surface area (TPSA) is 38.8 Å². The predicted octanol–water partition coefficient (Wildman–Crippen LogP) is 2.42. The van der Waals surface area contributed by atoms with Gasteiger partial charge in [-0.1, -0.05) is 0 Å². The fourth-order valence-electron chi connectivity index (χ4n) is 2.58. The van der Waals surface area contributed by atoms with E-state index in [0.717, 1.165) is 32.5 Å². The van der Waals surface area contributed by atoms with Crippen LogP contribution in [0, 0.1) is 5.92 Å². The molecule has 0 unspecified atom stereocenters. The summed E-state index contributed by atoms with van der Waals surface area (Å²) in [5, 5.41) is 0. The molecule has 0 aromatic carbocycles. The molecule has 98 valence electrons. The van der Waals surface area contributed by atoms with Gasteiger partial charge in [0.25, 0.3) is 0 Å². The summed E-state index contributed by atoms with van der Waals surface area (Å²) in [4.78, 5) is 13.8. The van der Waals surface area contributed by atoms with Crippen molar-refractivity contribution in [3.05, 3.63) is 0 Å². The van der Waals surface area contributed by atoms with E-state index in [1.807, 2.05) is 25.7 Å². The first-order chi connectivity index (χ1) is 7.96. The SMILES string of the molecule is CC(C)(C)OC(=O)N1CC[C@@H]2OCCC[C@H]2C1. The Morgan fingerprint density at radius 2 is 2.12 bits per heavy atom. The number of fused-ring (bicyclic) bond motifs is 1. The predicted molar refractivity (Wildman–Crippen MR) is 64.9 cm³/mol. The van der Waals surface area contributed by atoms with E-state index in [4.69, 9.17) is 9.47 Å². The molecule has 4 nitrogen and oxygen atoms in total. The van der Waals surface area contributed by atoms with Crippen molar-refractivity contribution in [3.63, 3.8) is 0 Å². The molecule has 2 atom stereocenters. The van der Waals surface area contributed by atoms with Gasteiger partial charge in [-0.15, -0.1) is 0 Å². The fraction of sp³-hybridized carbons (Fsp3) is 0.923. The van der Waals surface area contributed by atoms with Crippen LogP contribution in [-0.2, 0) is 9.47 Å². The van der Waals surface area contributed by atoms with Crippen LogP contribution >= 0.6 is 0 Å². The van der Waals surface area contributed by atoms with Gasteiger partial charge in [0.1, 0.15) is 5.60 Å². The lowest BCUT2D eigenvalue weighted by Crippen LogP contribution is -2.49. The molecule has 2 saturated heterocycles. The minimum Gasteiger partial charge on any atom is -0.444 e. The molecular formula is C13H23NO3. The normalized spacial score (nSPS) is 29.7. The van der Waals surface area contributed by atoms with Crippen LogP contribution in [0.15, 0.2) is 0 Å². The lowest BCUT2D eigenvalue weighted by Gasteiger charge is -2.41. The highest BCUT2D eigenvalue weighted by Crippen LogP contribution is 2.28. The largest absolute Gasteiger partial charge is 0.444 e. The Balaban J connectivity index is 1.89. The molecular weight excluding hydrogens is 218 g/mol. The summed E-state index contributed by atoms with van der Waals surface area (Å²) in [7, 11) is 0. The number of rotatable bonds is 0. The molecule has 0 radical (unpaired) electrons. The zero-order valence-electron chi connectivity index (χ0n) is 11.1. The third-order valence-corrected chi connectivity index (χ3v) is 3.37. The van der Waals surface area contributed by atoms with Crippen molar-refractivity contribution in [2.24, 2.45) is 5.92 Å². The molecule has 2 aliphatic heterocycles. The average molecular weight is 241 g/mol. The zero-order chi connectivity index (χ0) is 12.5. The molecule has 0 aliphatic carbocycles. The molecule has 0 saturated carbocycles. The van der Waals surface area contributed by atoms with Gasteiger partial charge in [-0.3, -0.25) is 0 Å². The van der Waals surface area contributed by atoms with Crippen LogP contribution in [0.4, 0.5) is 4.79 Å². The Bertz CT molecular complexity index is 285. The number of hydrogen-bond acceptors (Lipinski definition) is 3. The van der Waals surface area contributed by atoms with Crippen molar-refractivity contribution in [1.29, 1.82) is 0 Å². The molecule has 0 spiro atoms. The van der Waals surface area contributed by atoms with Crippen LogP contribution in [0.5, 0.6) is 0 Å². The Kier molecular flexibility index (Phi) is 3.61. The second kappa shape index (κ2) is 4.84. The van der Waals surface area contributed by atoms with E-state index in [0.29, 0.717) is 12.0 Å². The zero-order valence-corrected chi connectivity index (χ0v) is 11.1. The summed E-state index contributed by atoms with van der Waals surface area (Å²) in [6, 6.07) is 0. The molecule has 2 heterocycles. The van der Waals surface area contributed by atoms with Crippen molar-refractivity contribution in [3.8, 4) is 0 Å². The molecule has 0 N–H and O–H groups in total. The number of piperidine rings is 1. The minimum atomic E-state index is -0.406. The van der Waals surface area contributed by atoms with Gasteiger partial charge in [-0.05, 0) is 40.0 Å². The first-order valence-corrected chi connectivity index (χ1v) is 6.55. The van der Waals surface area contributed by atoms with Gasteiger partial charge in [0.2, 0.25) is 0 Å². The van der Waals surface area contributed by atoms with Crippen LogP contribution in [0.1, 0.15) is 40.0 Å². The maximum absolute atomic E-state index is 12.0. The molecule has 2 aliphatic rings. The Morgan fingerprint density at radius 1 is 1.35 bits per heavy atom. The summed E-state index contributed by atoms with van der Waals surface area (Å²) >= 11 is 0.